The van der Waals surface area contributed by atoms with Crippen LogP contribution in [0, 0.1) is 0 Å². The molecule has 2 aromatic rings. The molecular formula is C26H35ClN2O3. The quantitative estimate of drug-likeness (QED) is 0.551. The van der Waals surface area contributed by atoms with Gasteiger partial charge < -0.3 is 15.0 Å². The van der Waals surface area contributed by atoms with Gasteiger partial charge in [0.2, 0.25) is 5.91 Å². The van der Waals surface area contributed by atoms with Crippen molar-refractivity contribution in [1.82, 2.24) is 10.2 Å². The number of para-hydroxylation sites is 1. The summed E-state index contributed by atoms with van der Waals surface area (Å²) in [4.78, 5) is 27.8. The molecule has 0 aliphatic rings. The lowest BCUT2D eigenvalue weighted by Crippen LogP contribution is -2.51. The molecule has 0 spiro atoms. The Morgan fingerprint density at radius 1 is 1.06 bits per heavy atom. The molecule has 1 atom stereocenters. The molecule has 1 N–H and O–H groups in total. The van der Waals surface area contributed by atoms with Gasteiger partial charge >= 0.3 is 0 Å². The van der Waals surface area contributed by atoms with Crippen LogP contribution >= 0.6 is 11.6 Å². The van der Waals surface area contributed by atoms with Crippen LogP contribution in [0.5, 0.6) is 5.75 Å². The van der Waals surface area contributed by atoms with E-state index in [0.29, 0.717) is 17.2 Å². The molecule has 0 saturated heterocycles. The van der Waals surface area contributed by atoms with Crippen LogP contribution in [-0.2, 0) is 21.5 Å². The standard InChI is InChI=1S/C26H35ClN2O3/c1-7-22(25(31)28-18(2)3)29(16-19-12-8-10-14-21(19)27)24(30)17-32-23-15-11-9-13-20(23)26(4,5)6/h8-15,18,22H,7,16-17H2,1-6H3,(H,28,31)/t22-/m1/s1. The summed E-state index contributed by atoms with van der Waals surface area (Å²) in [7, 11) is 0. The van der Waals surface area contributed by atoms with Crippen molar-refractivity contribution in [3.8, 4) is 5.75 Å². The van der Waals surface area contributed by atoms with E-state index in [1.807, 2.05) is 63.2 Å². The molecule has 6 heteroatoms. The van der Waals surface area contributed by atoms with Gasteiger partial charge in [0.25, 0.3) is 5.91 Å². The van der Waals surface area contributed by atoms with Crippen LogP contribution in [-0.4, -0.2) is 35.4 Å². The second kappa shape index (κ2) is 11.4. The average Bonchev–Trinajstić information content (AvgIpc) is 2.72. The highest BCUT2D eigenvalue weighted by Crippen LogP contribution is 2.31. The molecule has 2 aromatic carbocycles. The number of hydrogen-bond acceptors (Lipinski definition) is 3. The molecule has 0 aliphatic carbocycles. The highest BCUT2D eigenvalue weighted by molar-refractivity contribution is 6.31. The molecule has 5 nitrogen and oxygen atoms in total. The van der Waals surface area contributed by atoms with Crippen LogP contribution in [0.15, 0.2) is 48.5 Å². The third kappa shape index (κ3) is 6.99. The van der Waals surface area contributed by atoms with Crippen molar-refractivity contribution >= 4 is 23.4 Å². The minimum Gasteiger partial charge on any atom is -0.483 e. The summed E-state index contributed by atoms with van der Waals surface area (Å²) in [6.45, 7) is 12.1. The third-order valence-corrected chi connectivity index (χ3v) is 5.53. The minimum absolute atomic E-state index is 0.0243. The van der Waals surface area contributed by atoms with E-state index in [4.69, 9.17) is 16.3 Å². The van der Waals surface area contributed by atoms with E-state index in [1.54, 1.807) is 11.0 Å². The number of rotatable bonds is 9. The lowest BCUT2D eigenvalue weighted by Gasteiger charge is -2.31. The fourth-order valence-corrected chi connectivity index (χ4v) is 3.74. The lowest BCUT2D eigenvalue weighted by molar-refractivity contribution is -0.143. The Labute approximate surface area is 197 Å². The van der Waals surface area contributed by atoms with Crippen LogP contribution in [0.3, 0.4) is 0 Å². The predicted octanol–water partition coefficient (Wildman–Crippen LogP) is 5.35. The van der Waals surface area contributed by atoms with Gasteiger partial charge in [-0.15, -0.1) is 0 Å². The second-order valence-electron chi connectivity index (χ2n) is 9.24. The molecular weight excluding hydrogens is 424 g/mol. The first kappa shape index (κ1) is 25.7. The van der Waals surface area contributed by atoms with E-state index in [-0.39, 0.29) is 36.4 Å². The third-order valence-electron chi connectivity index (χ3n) is 5.16. The zero-order chi connectivity index (χ0) is 23.9. The Balaban J connectivity index is 2.29. The van der Waals surface area contributed by atoms with Crippen molar-refractivity contribution in [2.75, 3.05) is 6.61 Å². The van der Waals surface area contributed by atoms with E-state index < -0.39 is 6.04 Å². The summed E-state index contributed by atoms with van der Waals surface area (Å²) >= 11 is 6.36. The number of nitrogens with zero attached hydrogens (tertiary/aromatic N) is 1. The molecule has 0 heterocycles. The summed E-state index contributed by atoms with van der Waals surface area (Å²) in [6.07, 6.45) is 0.479. The van der Waals surface area contributed by atoms with Crippen LogP contribution in [0.1, 0.15) is 59.1 Å². The van der Waals surface area contributed by atoms with E-state index >= 15 is 0 Å². The summed E-state index contributed by atoms with van der Waals surface area (Å²) in [6, 6.07) is 14.4. The van der Waals surface area contributed by atoms with Crippen molar-refractivity contribution in [3.05, 3.63) is 64.7 Å². The van der Waals surface area contributed by atoms with Crippen molar-refractivity contribution in [3.63, 3.8) is 0 Å². The van der Waals surface area contributed by atoms with Gasteiger partial charge in [-0.05, 0) is 48.9 Å². The maximum atomic E-state index is 13.4. The number of hydrogen-bond donors (Lipinski definition) is 1. The molecule has 0 radical (unpaired) electrons. The highest BCUT2D eigenvalue weighted by atomic mass is 35.5. The number of carbonyl (C=O) groups is 2. The smallest absolute Gasteiger partial charge is 0.261 e. The van der Waals surface area contributed by atoms with Crippen molar-refractivity contribution in [2.45, 2.75) is 72.0 Å². The van der Waals surface area contributed by atoms with Crippen LogP contribution in [0.4, 0.5) is 0 Å². The largest absolute Gasteiger partial charge is 0.483 e. The van der Waals surface area contributed by atoms with E-state index in [0.717, 1.165) is 11.1 Å². The fourth-order valence-electron chi connectivity index (χ4n) is 3.54. The maximum Gasteiger partial charge on any atom is 0.261 e. The number of halogens is 1. The molecule has 174 valence electrons. The molecule has 2 amide bonds. The number of benzene rings is 2. The van der Waals surface area contributed by atoms with Gasteiger partial charge in [0, 0.05) is 17.6 Å². The summed E-state index contributed by atoms with van der Waals surface area (Å²) in [5, 5.41) is 3.48. The van der Waals surface area contributed by atoms with Crippen LogP contribution in [0.2, 0.25) is 5.02 Å². The first-order chi connectivity index (χ1) is 15.0. The van der Waals surface area contributed by atoms with E-state index in [9.17, 15) is 9.59 Å². The SMILES string of the molecule is CC[C@H](C(=O)NC(C)C)N(Cc1ccccc1Cl)C(=O)COc1ccccc1C(C)(C)C. The van der Waals surface area contributed by atoms with Crippen molar-refractivity contribution in [1.29, 1.82) is 0 Å². The minimum atomic E-state index is -0.623. The fraction of sp³-hybridized carbons (Fsp3) is 0.462. The number of amides is 2. The van der Waals surface area contributed by atoms with Crippen LogP contribution in [0.25, 0.3) is 0 Å². The average molecular weight is 459 g/mol. The first-order valence-corrected chi connectivity index (χ1v) is 11.5. The van der Waals surface area contributed by atoms with Crippen molar-refractivity contribution < 1.29 is 14.3 Å². The molecule has 2 rings (SSSR count). The molecule has 0 saturated carbocycles. The van der Waals surface area contributed by atoms with Gasteiger partial charge in [-0.3, -0.25) is 9.59 Å². The van der Waals surface area contributed by atoms with Gasteiger partial charge in [-0.25, -0.2) is 0 Å². The Bertz CT molecular complexity index is 921. The number of ether oxygens (including phenoxy) is 1. The molecule has 0 aromatic heterocycles. The van der Waals surface area contributed by atoms with Gasteiger partial charge in [0.05, 0.1) is 0 Å². The molecule has 0 bridgehead atoms. The highest BCUT2D eigenvalue weighted by Gasteiger charge is 2.30. The van der Waals surface area contributed by atoms with Gasteiger partial charge in [-0.2, -0.15) is 0 Å². The number of carbonyl (C=O) groups excluding carboxylic acids is 2. The summed E-state index contributed by atoms with van der Waals surface area (Å²) < 4.78 is 5.97. The predicted molar refractivity (Wildman–Crippen MR) is 130 cm³/mol. The van der Waals surface area contributed by atoms with Gasteiger partial charge in [0.15, 0.2) is 6.61 Å². The Kier molecular flexibility index (Phi) is 9.14. The Morgan fingerprint density at radius 3 is 2.28 bits per heavy atom. The summed E-state index contributed by atoms with van der Waals surface area (Å²) in [5.74, 6) is 0.225. The Hall–Kier alpha value is -2.53. The summed E-state index contributed by atoms with van der Waals surface area (Å²) in [5.41, 5.74) is 1.68. The van der Waals surface area contributed by atoms with E-state index in [2.05, 4.69) is 26.1 Å². The maximum absolute atomic E-state index is 13.4. The molecule has 0 fully saturated rings. The molecule has 0 unspecified atom stereocenters. The Morgan fingerprint density at radius 2 is 1.69 bits per heavy atom. The van der Waals surface area contributed by atoms with Gasteiger partial charge in [-0.1, -0.05) is 75.7 Å². The monoisotopic (exact) mass is 458 g/mol. The van der Waals surface area contributed by atoms with Gasteiger partial charge in [0.1, 0.15) is 11.8 Å². The zero-order valence-corrected chi connectivity index (χ0v) is 20.7. The zero-order valence-electron chi connectivity index (χ0n) is 19.9. The van der Waals surface area contributed by atoms with E-state index in [1.165, 1.54) is 0 Å². The second-order valence-corrected chi connectivity index (χ2v) is 9.64. The van der Waals surface area contributed by atoms with Crippen molar-refractivity contribution in [2.24, 2.45) is 0 Å². The molecule has 0 aliphatic heterocycles. The lowest BCUT2D eigenvalue weighted by atomic mass is 9.86. The number of nitrogens with one attached hydrogen (secondary N) is 1. The topological polar surface area (TPSA) is 58.6 Å². The molecule has 32 heavy (non-hydrogen) atoms. The van der Waals surface area contributed by atoms with Crippen LogP contribution < -0.4 is 10.1 Å². The first-order valence-electron chi connectivity index (χ1n) is 11.1. The normalized spacial score (nSPS) is 12.4.